The van der Waals surface area contributed by atoms with Crippen molar-refractivity contribution in [3.8, 4) is 11.5 Å². The van der Waals surface area contributed by atoms with E-state index in [-0.39, 0.29) is 30.2 Å². The molecule has 31 heavy (non-hydrogen) atoms. The average Bonchev–Trinajstić information content (AvgIpc) is 3.05. The Balaban J connectivity index is 1.54. The highest BCUT2D eigenvalue weighted by Gasteiger charge is 2.32. The zero-order valence-corrected chi connectivity index (χ0v) is 17.8. The minimum absolute atomic E-state index is 0.0321. The molecule has 1 aliphatic heterocycles. The lowest BCUT2D eigenvalue weighted by Crippen LogP contribution is -2.46. The van der Waals surface area contributed by atoms with Gasteiger partial charge in [0, 0.05) is 6.04 Å². The van der Waals surface area contributed by atoms with Crippen molar-refractivity contribution in [3.63, 3.8) is 0 Å². The smallest absolute Gasteiger partial charge is 0.294 e. The fourth-order valence-corrected chi connectivity index (χ4v) is 4.11. The van der Waals surface area contributed by atoms with Crippen molar-refractivity contribution < 1.29 is 19.1 Å². The Bertz CT molecular complexity index is 960. The minimum Gasteiger partial charge on any atom is -0.497 e. The number of hydrogen-bond donors (Lipinski definition) is 1. The van der Waals surface area contributed by atoms with Crippen molar-refractivity contribution in [2.24, 2.45) is 0 Å². The maximum atomic E-state index is 13.2. The number of nitrogens with zero attached hydrogens (tertiary/aromatic N) is 1. The maximum absolute atomic E-state index is 13.2. The average molecular weight is 421 g/mol. The van der Waals surface area contributed by atoms with Crippen LogP contribution in [0.5, 0.6) is 11.5 Å². The molecule has 1 aliphatic carbocycles. The molecule has 1 N–H and O–H groups in total. The van der Waals surface area contributed by atoms with Gasteiger partial charge in [0.05, 0.1) is 12.8 Å². The van der Waals surface area contributed by atoms with Crippen molar-refractivity contribution in [1.82, 2.24) is 5.32 Å². The second-order valence-electron chi connectivity index (χ2n) is 8.00. The minimum atomic E-state index is -0.328. The third-order valence-electron chi connectivity index (χ3n) is 5.77. The van der Waals surface area contributed by atoms with Gasteiger partial charge in [-0.25, -0.2) is 0 Å². The molecule has 0 spiro atoms. The fourth-order valence-electron chi connectivity index (χ4n) is 4.11. The second kappa shape index (κ2) is 9.69. The van der Waals surface area contributed by atoms with Gasteiger partial charge in [-0.15, -0.1) is 0 Å². The van der Waals surface area contributed by atoms with Crippen LogP contribution in [0.3, 0.4) is 0 Å². The highest BCUT2D eigenvalue weighted by Crippen LogP contribution is 2.35. The molecule has 1 fully saturated rings. The Morgan fingerprint density at radius 1 is 1.10 bits per heavy atom. The molecule has 1 saturated carbocycles. The first kappa shape index (κ1) is 21.0. The molecular weight excluding hydrogens is 392 g/mol. The van der Waals surface area contributed by atoms with Crippen molar-refractivity contribution in [2.75, 3.05) is 18.6 Å². The summed E-state index contributed by atoms with van der Waals surface area (Å²) >= 11 is 0. The quantitative estimate of drug-likeness (QED) is 0.578. The predicted octanol–water partition coefficient (Wildman–Crippen LogP) is 4.30. The summed E-state index contributed by atoms with van der Waals surface area (Å²) in [5.41, 5.74) is 1.42. The number of ether oxygens (including phenoxy) is 2. The van der Waals surface area contributed by atoms with E-state index >= 15 is 0 Å². The Hall–Kier alpha value is -3.28. The van der Waals surface area contributed by atoms with Gasteiger partial charge in [-0.3, -0.25) is 14.5 Å². The third kappa shape index (κ3) is 5.08. The van der Waals surface area contributed by atoms with E-state index in [9.17, 15) is 9.59 Å². The first-order valence-corrected chi connectivity index (χ1v) is 10.9. The van der Waals surface area contributed by atoms with Gasteiger partial charge >= 0.3 is 0 Å². The Labute approximate surface area is 182 Å². The molecule has 0 bridgehead atoms. The lowest BCUT2D eigenvalue weighted by Gasteiger charge is -2.30. The summed E-state index contributed by atoms with van der Waals surface area (Å²) in [5.74, 6) is 1.02. The monoisotopic (exact) mass is 420 g/mol. The number of hydrogen-bond acceptors (Lipinski definition) is 4. The highest BCUT2D eigenvalue weighted by atomic mass is 16.5. The fraction of sp³-hybridized carbons (Fsp3) is 0.360. The van der Waals surface area contributed by atoms with Gasteiger partial charge in [0.2, 0.25) is 5.91 Å². The van der Waals surface area contributed by atoms with Gasteiger partial charge in [0.25, 0.3) is 5.91 Å². The Morgan fingerprint density at radius 2 is 1.81 bits per heavy atom. The number of carbonyl (C=O) groups excluding carboxylic acids is 2. The zero-order chi connectivity index (χ0) is 21.6. The van der Waals surface area contributed by atoms with Crippen LogP contribution in [0.2, 0.25) is 0 Å². The summed E-state index contributed by atoms with van der Waals surface area (Å²) in [5, 5.41) is 3.13. The lowest BCUT2D eigenvalue weighted by molar-refractivity contribution is -0.124. The molecule has 0 radical (unpaired) electrons. The predicted molar refractivity (Wildman–Crippen MR) is 120 cm³/mol. The summed E-state index contributed by atoms with van der Waals surface area (Å²) in [6.07, 6.45) is 8.42. The number of carbonyl (C=O) groups is 2. The number of rotatable bonds is 5. The third-order valence-corrected chi connectivity index (χ3v) is 5.77. The van der Waals surface area contributed by atoms with Crippen molar-refractivity contribution in [3.05, 3.63) is 59.9 Å². The van der Waals surface area contributed by atoms with Crippen LogP contribution in [0.25, 0.3) is 6.08 Å². The molecule has 0 aromatic heterocycles. The van der Waals surface area contributed by atoms with Gasteiger partial charge in [-0.2, -0.15) is 0 Å². The molecule has 1 heterocycles. The number of nitrogens with one attached hydrogen (secondary N) is 1. The molecule has 0 unspecified atom stereocenters. The number of benzene rings is 2. The number of methoxy groups -OCH3 is 1. The van der Waals surface area contributed by atoms with E-state index in [1.54, 1.807) is 25.3 Å². The summed E-state index contributed by atoms with van der Waals surface area (Å²) in [7, 11) is 1.61. The molecule has 2 amide bonds. The SMILES string of the molecule is COc1ccc(C=C2Oc3ccccc3N(CC(=O)NC3CCCCCC3)C2=O)cc1. The van der Waals surface area contributed by atoms with Crippen LogP contribution < -0.4 is 19.7 Å². The lowest BCUT2D eigenvalue weighted by atomic mass is 10.1. The largest absolute Gasteiger partial charge is 0.497 e. The van der Waals surface area contributed by atoms with Crippen LogP contribution in [-0.4, -0.2) is 31.5 Å². The van der Waals surface area contributed by atoms with Crippen molar-refractivity contribution in [1.29, 1.82) is 0 Å². The molecule has 2 aliphatic rings. The van der Waals surface area contributed by atoms with Crippen LogP contribution in [-0.2, 0) is 9.59 Å². The highest BCUT2D eigenvalue weighted by molar-refractivity contribution is 6.12. The Morgan fingerprint density at radius 3 is 2.52 bits per heavy atom. The van der Waals surface area contributed by atoms with E-state index in [2.05, 4.69) is 5.32 Å². The second-order valence-corrected chi connectivity index (χ2v) is 8.00. The number of amides is 2. The van der Waals surface area contributed by atoms with E-state index in [1.165, 1.54) is 17.7 Å². The maximum Gasteiger partial charge on any atom is 0.294 e. The molecule has 2 aromatic carbocycles. The van der Waals surface area contributed by atoms with Gasteiger partial charge in [-0.05, 0) is 48.7 Å². The summed E-state index contributed by atoms with van der Waals surface area (Å²) in [6, 6.07) is 14.8. The molecule has 6 nitrogen and oxygen atoms in total. The molecule has 6 heteroatoms. The van der Waals surface area contributed by atoms with Crippen LogP contribution in [0.1, 0.15) is 44.1 Å². The first-order valence-electron chi connectivity index (χ1n) is 10.9. The summed E-state index contributed by atoms with van der Waals surface area (Å²) in [4.78, 5) is 27.5. The van der Waals surface area contributed by atoms with E-state index < -0.39 is 0 Å². The van der Waals surface area contributed by atoms with Crippen molar-refractivity contribution in [2.45, 2.75) is 44.6 Å². The molecule has 4 rings (SSSR count). The summed E-state index contributed by atoms with van der Waals surface area (Å²) < 4.78 is 11.1. The van der Waals surface area contributed by atoms with Crippen LogP contribution in [0, 0.1) is 0 Å². The molecule has 0 saturated heterocycles. The van der Waals surface area contributed by atoms with E-state index in [1.807, 2.05) is 36.4 Å². The number of para-hydroxylation sites is 2. The summed E-state index contributed by atoms with van der Waals surface area (Å²) in [6.45, 7) is -0.0321. The molecule has 2 aromatic rings. The molecule has 162 valence electrons. The molecule has 0 atom stereocenters. The standard InChI is InChI=1S/C25H28N2O4/c1-30-20-14-12-18(13-15-20)16-23-25(29)27(21-10-6-7-11-22(21)31-23)17-24(28)26-19-8-4-2-3-5-9-19/h6-7,10-16,19H,2-5,8-9,17H2,1H3,(H,26,28). The zero-order valence-electron chi connectivity index (χ0n) is 17.8. The van der Waals surface area contributed by atoms with Crippen LogP contribution in [0.15, 0.2) is 54.3 Å². The van der Waals surface area contributed by atoms with E-state index in [4.69, 9.17) is 9.47 Å². The molecular formula is C25H28N2O4. The topological polar surface area (TPSA) is 67.9 Å². The van der Waals surface area contributed by atoms with Crippen LogP contribution in [0.4, 0.5) is 5.69 Å². The van der Waals surface area contributed by atoms with Gasteiger partial charge in [-0.1, -0.05) is 49.9 Å². The van der Waals surface area contributed by atoms with Crippen LogP contribution >= 0.6 is 0 Å². The van der Waals surface area contributed by atoms with Crippen molar-refractivity contribution >= 4 is 23.6 Å². The van der Waals surface area contributed by atoms with Gasteiger partial charge in [0.15, 0.2) is 11.5 Å². The number of anilines is 1. The van der Waals surface area contributed by atoms with E-state index in [0.29, 0.717) is 11.4 Å². The van der Waals surface area contributed by atoms with E-state index in [0.717, 1.165) is 37.0 Å². The normalized spacial score (nSPS) is 18.2. The van der Waals surface area contributed by atoms with Gasteiger partial charge in [0.1, 0.15) is 12.3 Å². The van der Waals surface area contributed by atoms with Gasteiger partial charge < -0.3 is 14.8 Å². The first-order chi connectivity index (χ1) is 15.1. The number of fused-ring (bicyclic) bond motifs is 1. The Kier molecular flexibility index (Phi) is 6.55.